The summed E-state index contributed by atoms with van der Waals surface area (Å²) in [4.78, 5) is 5.10. The van der Waals surface area contributed by atoms with Crippen LogP contribution in [0.5, 0.6) is 0 Å². The van der Waals surface area contributed by atoms with Crippen molar-refractivity contribution in [2.24, 2.45) is 5.73 Å². The third-order valence-corrected chi connectivity index (χ3v) is 9.21. The van der Waals surface area contributed by atoms with Crippen LogP contribution in [0, 0.1) is 0 Å². The molecule has 4 nitrogen and oxygen atoms in total. The molecule has 222 valence electrons. The predicted octanol–water partition coefficient (Wildman–Crippen LogP) is 8.15. The maximum atomic E-state index is 6.52. The van der Waals surface area contributed by atoms with Crippen LogP contribution in [0.1, 0.15) is 51.1 Å². The Labute approximate surface area is 261 Å². The first-order valence-electron chi connectivity index (χ1n) is 16.2. The molecule has 0 bridgehead atoms. The number of unbranched alkanes of at least 4 members (excludes halogenated alkanes) is 1. The lowest BCUT2D eigenvalue weighted by atomic mass is 9.89. The third-order valence-electron chi connectivity index (χ3n) is 9.21. The van der Waals surface area contributed by atoms with Crippen molar-refractivity contribution in [3.63, 3.8) is 0 Å². The molecule has 5 aromatic carbocycles. The first-order valence-corrected chi connectivity index (χ1v) is 16.2. The van der Waals surface area contributed by atoms with Gasteiger partial charge in [-0.2, -0.15) is 0 Å². The van der Waals surface area contributed by atoms with Gasteiger partial charge in [0.05, 0.1) is 23.5 Å². The zero-order valence-corrected chi connectivity index (χ0v) is 25.8. The van der Waals surface area contributed by atoms with Crippen LogP contribution < -0.4 is 31.3 Å². The molecule has 5 aromatic rings. The predicted molar refractivity (Wildman–Crippen MR) is 189 cm³/mol. The quantitative estimate of drug-likeness (QED) is 0.173. The van der Waals surface area contributed by atoms with Crippen LogP contribution in [0.2, 0.25) is 0 Å². The fourth-order valence-corrected chi connectivity index (χ4v) is 6.89. The Balaban J connectivity index is 1.41. The molecule has 0 saturated heterocycles. The van der Waals surface area contributed by atoms with E-state index in [0.717, 1.165) is 19.4 Å². The number of hydrogen-bond donors (Lipinski definition) is 2. The Hall–Kier alpha value is -4.54. The van der Waals surface area contributed by atoms with Crippen LogP contribution in [-0.2, 0) is 0 Å². The number of nitrogens with two attached hydrogens (primary N) is 1. The number of rotatable bonds is 9. The van der Waals surface area contributed by atoms with Gasteiger partial charge in [0.15, 0.2) is 0 Å². The van der Waals surface area contributed by atoms with Crippen molar-refractivity contribution in [2.75, 3.05) is 21.7 Å². The van der Waals surface area contributed by atoms with Gasteiger partial charge in [0, 0.05) is 29.6 Å². The van der Waals surface area contributed by atoms with Crippen molar-refractivity contribution in [1.29, 1.82) is 0 Å². The van der Waals surface area contributed by atoms with E-state index in [1.54, 1.807) is 0 Å². The van der Waals surface area contributed by atoms with Crippen LogP contribution >= 0.6 is 0 Å². The molecular formula is C40H42N4. The van der Waals surface area contributed by atoms with Crippen molar-refractivity contribution in [3.05, 3.63) is 125 Å². The molecule has 0 aromatic heterocycles. The molecule has 44 heavy (non-hydrogen) atoms. The maximum absolute atomic E-state index is 6.52. The number of benzene rings is 5. The van der Waals surface area contributed by atoms with Gasteiger partial charge in [-0.1, -0.05) is 99.5 Å². The van der Waals surface area contributed by atoms with E-state index in [4.69, 9.17) is 5.73 Å². The van der Waals surface area contributed by atoms with E-state index >= 15 is 0 Å². The smallest absolute Gasteiger partial charge is 0.0775 e. The van der Waals surface area contributed by atoms with E-state index < -0.39 is 0 Å². The van der Waals surface area contributed by atoms with Gasteiger partial charge in [-0.3, -0.25) is 0 Å². The first-order chi connectivity index (χ1) is 21.6. The lowest BCUT2D eigenvalue weighted by Crippen LogP contribution is -2.55. The van der Waals surface area contributed by atoms with E-state index in [1.807, 2.05) is 0 Å². The number of nitrogens with zero attached hydrogens (tertiary/aromatic N) is 2. The van der Waals surface area contributed by atoms with Crippen LogP contribution in [0.3, 0.4) is 0 Å². The summed E-state index contributed by atoms with van der Waals surface area (Å²) in [6.45, 7) is 5.42. The summed E-state index contributed by atoms with van der Waals surface area (Å²) in [5, 5.41) is 8.63. The van der Waals surface area contributed by atoms with Crippen LogP contribution in [0.4, 0.5) is 28.4 Å². The zero-order chi connectivity index (χ0) is 30.0. The van der Waals surface area contributed by atoms with Crippen molar-refractivity contribution < 1.29 is 0 Å². The summed E-state index contributed by atoms with van der Waals surface area (Å²) < 4.78 is 0. The standard InChI is InChI=1S/C40H42N4/c1-3-5-23-42-33-17-21-35(22-18-33)44-39-26-31-13-8-6-11-29(31)24-37(39)43(34-19-15-28(16-20-34)36(41)10-4-2)38-25-30-12-7-9-14-32(30)27-40(38)44/h6-9,11-22,24-27,36-37,39,42H,3-5,10,23,41H2,1-2H3. The second kappa shape index (κ2) is 12.2. The molecule has 0 fully saturated rings. The Bertz CT molecular complexity index is 1880. The first kappa shape index (κ1) is 28.2. The molecular weight excluding hydrogens is 536 g/mol. The van der Waals surface area contributed by atoms with E-state index in [9.17, 15) is 0 Å². The van der Waals surface area contributed by atoms with Gasteiger partial charge in [0.2, 0.25) is 0 Å². The second-order valence-electron chi connectivity index (χ2n) is 12.2. The fourth-order valence-electron chi connectivity index (χ4n) is 6.89. The van der Waals surface area contributed by atoms with Gasteiger partial charge in [-0.25, -0.2) is 0 Å². The number of hydrogen-bond acceptors (Lipinski definition) is 4. The second-order valence-corrected chi connectivity index (χ2v) is 12.2. The molecule has 7 rings (SSSR count). The average molecular weight is 579 g/mol. The highest BCUT2D eigenvalue weighted by Crippen LogP contribution is 2.49. The summed E-state index contributed by atoms with van der Waals surface area (Å²) in [6.07, 6.45) is 9.35. The zero-order valence-electron chi connectivity index (χ0n) is 25.8. The SMILES string of the molecule is CCCCNc1ccc(N2c3cc4ccccc4cc3N(c3ccc(C(N)CCC)cc3)C3C=c4ccccc4=CC32)cc1. The van der Waals surface area contributed by atoms with Gasteiger partial charge >= 0.3 is 0 Å². The minimum Gasteiger partial charge on any atom is -0.385 e. The normalized spacial score (nSPS) is 17.6. The van der Waals surface area contributed by atoms with E-state index in [1.165, 1.54) is 68.1 Å². The van der Waals surface area contributed by atoms with Gasteiger partial charge in [-0.05, 0) is 88.1 Å². The fraction of sp³-hybridized carbons (Fsp3) is 0.250. The molecule has 3 unspecified atom stereocenters. The Kier molecular flexibility index (Phi) is 7.84. The topological polar surface area (TPSA) is 44.5 Å². The molecule has 0 spiro atoms. The Morgan fingerprint density at radius 1 is 0.659 bits per heavy atom. The summed E-state index contributed by atoms with van der Waals surface area (Å²) in [5.41, 5.74) is 13.7. The summed E-state index contributed by atoms with van der Waals surface area (Å²) in [5.74, 6) is 0. The van der Waals surface area contributed by atoms with Crippen LogP contribution in [0.25, 0.3) is 22.9 Å². The van der Waals surface area contributed by atoms with Crippen LogP contribution in [0.15, 0.2) is 109 Å². The number of fused-ring (bicyclic) bond motifs is 4. The molecule has 1 aliphatic carbocycles. The lowest BCUT2D eigenvalue weighted by molar-refractivity contribution is 0.638. The van der Waals surface area contributed by atoms with E-state index in [-0.39, 0.29) is 18.1 Å². The molecule has 0 radical (unpaired) electrons. The molecule has 1 heterocycles. The van der Waals surface area contributed by atoms with Crippen molar-refractivity contribution >= 4 is 51.4 Å². The van der Waals surface area contributed by atoms with Crippen molar-refractivity contribution in [3.8, 4) is 0 Å². The van der Waals surface area contributed by atoms with Crippen LogP contribution in [-0.4, -0.2) is 18.6 Å². The molecule has 0 saturated carbocycles. The largest absolute Gasteiger partial charge is 0.385 e. The van der Waals surface area contributed by atoms with Crippen molar-refractivity contribution in [1.82, 2.24) is 0 Å². The highest BCUT2D eigenvalue weighted by Gasteiger charge is 2.40. The minimum atomic E-state index is 0.0655. The van der Waals surface area contributed by atoms with Gasteiger partial charge in [-0.15, -0.1) is 0 Å². The monoisotopic (exact) mass is 578 g/mol. The van der Waals surface area contributed by atoms with E-state index in [0.29, 0.717) is 0 Å². The summed E-state index contributed by atoms with van der Waals surface area (Å²) >= 11 is 0. The minimum absolute atomic E-state index is 0.0655. The number of anilines is 5. The molecule has 2 aliphatic rings. The summed E-state index contributed by atoms with van der Waals surface area (Å²) in [7, 11) is 0. The molecule has 3 N–H and O–H groups in total. The van der Waals surface area contributed by atoms with E-state index in [2.05, 4.69) is 150 Å². The average Bonchev–Trinajstić information content (AvgIpc) is 3.06. The van der Waals surface area contributed by atoms with Gasteiger partial charge in [0.25, 0.3) is 0 Å². The molecule has 1 aliphatic heterocycles. The van der Waals surface area contributed by atoms with Gasteiger partial charge in [0.1, 0.15) is 0 Å². The lowest BCUT2D eigenvalue weighted by Gasteiger charge is -2.49. The maximum Gasteiger partial charge on any atom is 0.0775 e. The van der Waals surface area contributed by atoms with Gasteiger partial charge < -0.3 is 20.9 Å². The Morgan fingerprint density at radius 2 is 1.18 bits per heavy atom. The molecule has 3 atom stereocenters. The van der Waals surface area contributed by atoms with Crippen molar-refractivity contribution in [2.45, 2.75) is 57.7 Å². The highest BCUT2D eigenvalue weighted by atomic mass is 15.3. The number of nitrogens with one attached hydrogen (secondary N) is 1. The summed E-state index contributed by atoms with van der Waals surface area (Å²) in [6, 6.07) is 40.5. The molecule has 4 heteroatoms. The molecule has 0 amide bonds. The third kappa shape index (κ3) is 5.24. The Morgan fingerprint density at radius 3 is 1.70 bits per heavy atom. The highest BCUT2D eigenvalue weighted by molar-refractivity contribution is 5.99.